The Kier molecular flexibility index (Phi) is 3.89. The highest BCUT2D eigenvalue weighted by Crippen LogP contribution is 2.12. The van der Waals surface area contributed by atoms with Gasteiger partial charge in [0, 0.05) is 25.7 Å². The lowest BCUT2D eigenvalue weighted by molar-refractivity contribution is -0.129. The third kappa shape index (κ3) is 2.96. The van der Waals surface area contributed by atoms with Crippen LogP contribution in [0.2, 0.25) is 0 Å². The van der Waals surface area contributed by atoms with Crippen molar-refractivity contribution in [2.45, 2.75) is 25.8 Å². The van der Waals surface area contributed by atoms with E-state index in [2.05, 4.69) is 17.6 Å². The third-order valence-electron chi connectivity index (χ3n) is 2.94. The van der Waals surface area contributed by atoms with E-state index in [-0.39, 0.29) is 11.4 Å². The summed E-state index contributed by atoms with van der Waals surface area (Å²) in [6.07, 6.45) is 1.09. The fraction of sp³-hybridized carbons (Fsp3) is 0.900. The van der Waals surface area contributed by atoms with Crippen molar-refractivity contribution < 1.29 is 4.79 Å². The second kappa shape index (κ2) is 4.75. The number of likely N-dealkylation sites (N-methyl/N-ethyl adjacent to an activating group) is 1. The van der Waals surface area contributed by atoms with Gasteiger partial charge >= 0.3 is 0 Å². The van der Waals surface area contributed by atoms with Crippen LogP contribution >= 0.6 is 0 Å². The average molecular weight is 199 g/mol. The molecule has 0 bridgehead atoms. The predicted octanol–water partition coefficient (Wildman–Crippen LogP) is -0.194. The normalized spacial score (nSPS) is 26.5. The summed E-state index contributed by atoms with van der Waals surface area (Å²) in [5, 5.41) is 6.61. The van der Waals surface area contributed by atoms with E-state index in [0.29, 0.717) is 6.54 Å². The van der Waals surface area contributed by atoms with Crippen molar-refractivity contribution in [2.75, 3.05) is 33.2 Å². The Balaban J connectivity index is 2.29. The number of hydrogen-bond donors (Lipinski definition) is 2. The van der Waals surface area contributed by atoms with E-state index in [4.69, 9.17) is 0 Å². The first-order chi connectivity index (χ1) is 6.57. The number of nitrogens with one attached hydrogen (secondary N) is 2. The van der Waals surface area contributed by atoms with Crippen molar-refractivity contribution in [3.8, 4) is 0 Å². The lowest BCUT2D eigenvalue weighted by Crippen LogP contribution is -2.48. The van der Waals surface area contributed by atoms with Crippen LogP contribution in [-0.2, 0) is 4.79 Å². The second-order valence-corrected chi connectivity index (χ2v) is 4.25. The van der Waals surface area contributed by atoms with Crippen LogP contribution in [0.3, 0.4) is 0 Å². The lowest BCUT2D eigenvalue weighted by atomic mass is 10.0. The molecule has 14 heavy (non-hydrogen) atoms. The molecule has 1 aliphatic heterocycles. The van der Waals surface area contributed by atoms with Crippen molar-refractivity contribution >= 4 is 5.91 Å². The van der Waals surface area contributed by atoms with Crippen molar-refractivity contribution in [2.24, 2.45) is 0 Å². The second-order valence-electron chi connectivity index (χ2n) is 4.25. The Hall–Kier alpha value is -0.610. The van der Waals surface area contributed by atoms with E-state index in [0.717, 1.165) is 26.1 Å². The Morgan fingerprint density at radius 3 is 2.86 bits per heavy atom. The molecule has 0 aliphatic carbocycles. The van der Waals surface area contributed by atoms with Crippen LogP contribution in [0.15, 0.2) is 0 Å². The molecule has 4 nitrogen and oxygen atoms in total. The highest BCUT2D eigenvalue weighted by molar-refractivity contribution is 5.78. The molecule has 1 amide bonds. The Morgan fingerprint density at radius 2 is 2.36 bits per heavy atom. The number of amides is 1. The van der Waals surface area contributed by atoms with E-state index in [1.54, 1.807) is 4.90 Å². The first-order valence-electron chi connectivity index (χ1n) is 5.27. The van der Waals surface area contributed by atoms with Gasteiger partial charge in [-0.1, -0.05) is 0 Å². The molecular formula is C10H21N3O. The summed E-state index contributed by atoms with van der Waals surface area (Å²) in [5.74, 6) is 0.167. The minimum atomic E-state index is 0.101. The molecule has 1 unspecified atom stereocenters. The molecule has 0 aromatic heterocycles. The molecule has 1 heterocycles. The average Bonchev–Trinajstić information content (AvgIpc) is 2.61. The minimum Gasteiger partial charge on any atom is -0.345 e. The monoisotopic (exact) mass is 199 g/mol. The van der Waals surface area contributed by atoms with Crippen LogP contribution < -0.4 is 10.6 Å². The molecule has 0 radical (unpaired) electrons. The van der Waals surface area contributed by atoms with Gasteiger partial charge in [-0.25, -0.2) is 0 Å². The number of carbonyl (C=O) groups excluding carboxylic acids is 1. The predicted molar refractivity (Wildman–Crippen MR) is 57.2 cm³/mol. The van der Waals surface area contributed by atoms with Crippen LogP contribution in [0.1, 0.15) is 20.3 Å². The zero-order valence-corrected chi connectivity index (χ0v) is 9.39. The van der Waals surface area contributed by atoms with Gasteiger partial charge in [-0.2, -0.15) is 0 Å². The summed E-state index contributed by atoms with van der Waals surface area (Å²) >= 11 is 0. The first-order valence-corrected chi connectivity index (χ1v) is 5.27. The molecule has 0 saturated carbocycles. The molecule has 0 aromatic carbocycles. The van der Waals surface area contributed by atoms with Crippen molar-refractivity contribution in [3.63, 3.8) is 0 Å². The van der Waals surface area contributed by atoms with Gasteiger partial charge in [-0.3, -0.25) is 4.79 Å². The minimum absolute atomic E-state index is 0.101. The zero-order chi connectivity index (χ0) is 10.6. The van der Waals surface area contributed by atoms with Gasteiger partial charge < -0.3 is 15.5 Å². The Labute approximate surface area is 86.0 Å². The fourth-order valence-corrected chi connectivity index (χ4v) is 1.57. The number of rotatable bonds is 4. The number of nitrogens with zero attached hydrogens (tertiary/aromatic N) is 1. The highest BCUT2D eigenvalue weighted by Gasteiger charge is 2.28. The van der Waals surface area contributed by atoms with Crippen LogP contribution in [0, 0.1) is 0 Å². The van der Waals surface area contributed by atoms with Crippen LogP contribution in [0.5, 0.6) is 0 Å². The molecule has 1 fully saturated rings. The van der Waals surface area contributed by atoms with E-state index < -0.39 is 0 Å². The smallest absolute Gasteiger partial charge is 0.236 e. The van der Waals surface area contributed by atoms with E-state index in [9.17, 15) is 4.79 Å². The third-order valence-corrected chi connectivity index (χ3v) is 2.94. The summed E-state index contributed by atoms with van der Waals surface area (Å²) in [4.78, 5) is 13.3. The van der Waals surface area contributed by atoms with Gasteiger partial charge in [0.2, 0.25) is 5.91 Å². The summed E-state index contributed by atoms with van der Waals surface area (Å²) in [7, 11) is 1.83. The molecule has 1 atom stereocenters. The van der Waals surface area contributed by atoms with Gasteiger partial charge in [0.1, 0.15) is 0 Å². The molecule has 0 aromatic rings. The molecule has 2 N–H and O–H groups in total. The Bertz CT molecular complexity index is 200. The van der Waals surface area contributed by atoms with Crippen molar-refractivity contribution in [1.29, 1.82) is 0 Å². The van der Waals surface area contributed by atoms with Crippen molar-refractivity contribution in [3.05, 3.63) is 0 Å². The maximum atomic E-state index is 11.5. The number of hydrogen-bond acceptors (Lipinski definition) is 3. The van der Waals surface area contributed by atoms with Crippen LogP contribution in [-0.4, -0.2) is 49.6 Å². The molecule has 1 saturated heterocycles. The molecule has 0 spiro atoms. The summed E-state index contributed by atoms with van der Waals surface area (Å²) in [6.45, 7) is 7.36. The quantitative estimate of drug-likeness (QED) is 0.659. The maximum Gasteiger partial charge on any atom is 0.236 e. The Morgan fingerprint density at radius 1 is 1.64 bits per heavy atom. The van der Waals surface area contributed by atoms with Gasteiger partial charge in [0.05, 0.1) is 6.54 Å². The molecule has 1 rings (SSSR count). The van der Waals surface area contributed by atoms with Crippen LogP contribution in [0.25, 0.3) is 0 Å². The highest BCUT2D eigenvalue weighted by atomic mass is 16.2. The fourth-order valence-electron chi connectivity index (χ4n) is 1.57. The van der Waals surface area contributed by atoms with E-state index in [1.807, 2.05) is 14.0 Å². The summed E-state index contributed by atoms with van der Waals surface area (Å²) < 4.78 is 0. The zero-order valence-electron chi connectivity index (χ0n) is 9.39. The SMILES string of the molecule is CCN(C)C(=O)CNC1(C)CCNC1. The molecular weight excluding hydrogens is 178 g/mol. The lowest BCUT2D eigenvalue weighted by Gasteiger charge is -2.25. The topological polar surface area (TPSA) is 44.4 Å². The molecule has 4 heteroatoms. The summed E-state index contributed by atoms with van der Waals surface area (Å²) in [5.41, 5.74) is 0.101. The van der Waals surface area contributed by atoms with Gasteiger partial charge in [0.25, 0.3) is 0 Å². The largest absolute Gasteiger partial charge is 0.345 e. The standard InChI is InChI=1S/C10H21N3O/c1-4-13(3)9(14)7-12-10(2)5-6-11-8-10/h11-12H,4-8H2,1-3H3. The van der Waals surface area contributed by atoms with Gasteiger partial charge in [-0.15, -0.1) is 0 Å². The van der Waals surface area contributed by atoms with Crippen molar-refractivity contribution in [1.82, 2.24) is 15.5 Å². The summed E-state index contributed by atoms with van der Waals surface area (Å²) in [6, 6.07) is 0. The van der Waals surface area contributed by atoms with E-state index >= 15 is 0 Å². The maximum absolute atomic E-state index is 11.5. The van der Waals surface area contributed by atoms with Crippen LogP contribution in [0.4, 0.5) is 0 Å². The number of carbonyl (C=O) groups is 1. The first kappa shape index (κ1) is 11.5. The van der Waals surface area contributed by atoms with Gasteiger partial charge in [-0.05, 0) is 26.8 Å². The molecule has 1 aliphatic rings. The molecule has 82 valence electrons. The van der Waals surface area contributed by atoms with Gasteiger partial charge in [0.15, 0.2) is 0 Å². The van der Waals surface area contributed by atoms with E-state index in [1.165, 1.54) is 0 Å².